The van der Waals surface area contributed by atoms with E-state index in [4.69, 9.17) is 5.11 Å². The number of aliphatic carboxylic acids is 1. The van der Waals surface area contributed by atoms with Crippen molar-refractivity contribution in [1.82, 2.24) is 10.3 Å². The van der Waals surface area contributed by atoms with Crippen molar-refractivity contribution >= 4 is 18.0 Å². The maximum Gasteiger partial charge on any atom is 0.328 e. The van der Waals surface area contributed by atoms with Crippen LogP contribution in [0, 0.1) is 5.41 Å². The second kappa shape index (κ2) is 6.32. The van der Waals surface area contributed by atoms with Gasteiger partial charge in [-0.15, -0.1) is 0 Å². The van der Waals surface area contributed by atoms with Crippen LogP contribution in [0.2, 0.25) is 0 Å². The predicted octanol–water partition coefficient (Wildman–Crippen LogP) is 2.34. The molecule has 20 heavy (non-hydrogen) atoms. The molecule has 1 aromatic rings. The smallest absolute Gasteiger partial charge is 0.328 e. The van der Waals surface area contributed by atoms with Gasteiger partial charge in [-0.25, -0.2) is 4.79 Å². The van der Waals surface area contributed by atoms with E-state index in [1.54, 1.807) is 6.07 Å². The van der Waals surface area contributed by atoms with Crippen molar-refractivity contribution < 1.29 is 14.7 Å². The van der Waals surface area contributed by atoms with E-state index in [0.29, 0.717) is 11.1 Å². The molecule has 0 aliphatic carbocycles. The summed E-state index contributed by atoms with van der Waals surface area (Å²) in [5.74, 6) is -1.30. The fraction of sp³-hybridized carbons (Fsp3) is 0.400. The number of carboxylic acid groups (broad SMARTS) is 1. The molecular weight excluding hydrogens is 256 g/mol. The zero-order chi connectivity index (χ0) is 15.3. The van der Waals surface area contributed by atoms with Gasteiger partial charge in [0.15, 0.2) is 0 Å². The van der Waals surface area contributed by atoms with Gasteiger partial charge >= 0.3 is 5.97 Å². The van der Waals surface area contributed by atoms with Crippen LogP contribution in [-0.2, 0) is 4.79 Å². The average Bonchev–Trinajstić information content (AvgIpc) is 2.35. The number of carbonyl (C=O) groups is 2. The second-order valence-electron chi connectivity index (χ2n) is 5.70. The Morgan fingerprint density at radius 2 is 2.05 bits per heavy atom. The summed E-state index contributed by atoms with van der Waals surface area (Å²) in [6, 6.07) is 1.56. The molecule has 1 amide bonds. The molecule has 1 heterocycles. The van der Waals surface area contributed by atoms with Gasteiger partial charge in [0.2, 0.25) is 0 Å². The average molecular weight is 276 g/mol. The molecule has 0 spiro atoms. The lowest BCUT2D eigenvalue weighted by atomic mass is 9.88. The summed E-state index contributed by atoms with van der Waals surface area (Å²) in [7, 11) is 0. The Morgan fingerprint density at radius 1 is 1.40 bits per heavy atom. The first-order valence-electron chi connectivity index (χ1n) is 6.37. The number of nitrogens with one attached hydrogen (secondary N) is 1. The van der Waals surface area contributed by atoms with Gasteiger partial charge in [0, 0.05) is 35.6 Å². The van der Waals surface area contributed by atoms with Crippen LogP contribution in [0.15, 0.2) is 24.5 Å². The van der Waals surface area contributed by atoms with Crippen LogP contribution in [-0.4, -0.2) is 28.0 Å². The molecule has 0 aromatic carbocycles. The summed E-state index contributed by atoms with van der Waals surface area (Å²) < 4.78 is 0. The topological polar surface area (TPSA) is 79.3 Å². The van der Waals surface area contributed by atoms with Gasteiger partial charge < -0.3 is 10.4 Å². The number of rotatable bonds is 4. The quantitative estimate of drug-likeness (QED) is 0.827. The molecular formula is C15H20N2O3. The van der Waals surface area contributed by atoms with Crippen LogP contribution in [0.4, 0.5) is 0 Å². The minimum atomic E-state index is -1.07. The van der Waals surface area contributed by atoms with Crippen LogP contribution < -0.4 is 5.32 Å². The van der Waals surface area contributed by atoms with Gasteiger partial charge in [-0.3, -0.25) is 9.78 Å². The van der Waals surface area contributed by atoms with Gasteiger partial charge in [0.25, 0.3) is 5.91 Å². The third-order valence-electron chi connectivity index (χ3n) is 3.15. The molecule has 2 N–H and O–H groups in total. The first-order valence-corrected chi connectivity index (χ1v) is 6.37. The molecule has 0 aliphatic heterocycles. The van der Waals surface area contributed by atoms with E-state index in [-0.39, 0.29) is 17.4 Å². The van der Waals surface area contributed by atoms with Crippen molar-refractivity contribution in [2.75, 3.05) is 0 Å². The van der Waals surface area contributed by atoms with E-state index in [2.05, 4.69) is 10.3 Å². The lowest BCUT2D eigenvalue weighted by molar-refractivity contribution is -0.131. The summed E-state index contributed by atoms with van der Waals surface area (Å²) in [5.41, 5.74) is 0.835. The number of nitrogens with zero attached hydrogens (tertiary/aromatic N) is 1. The van der Waals surface area contributed by atoms with E-state index in [9.17, 15) is 9.59 Å². The zero-order valence-corrected chi connectivity index (χ0v) is 12.2. The molecule has 0 saturated heterocycles. The summed E-state index contributed by atoms with van der Waals surface area (Å²) in [6.07, 6.45) is 5.33. The summed E-state index contributed by atoms with van der Waals surface area (Å²) in [6.45, 7) is 8.05. The van der Waals surface area contributed by atoms with Crippen molar-refractivity contribution in [2.45, 2.75) is 33.7 Å². The second-order valence-corrected chi connectivity index (χ2v) is 5.70. The molecule has 0 fully saturated rings. The Labute approximate surface area is 118 Å². The van der Waals surface area contributed by atoms with E-state index in [1.165, 1.54) is 18.5 Å². The highest BCUT2D eigenvalue weighted by atomic mass is 16.4. The number of hydrogen-bond donors (Lipinski definition) is 2. The zero-order valence-electron chi connectivity index (χ0n) is 12.2. The minimum Gasteiger partial charge on any atom is -0.478 e. The van der Waals surface area contributed by atoms with E-state index >= 15 is 0 Å². The fourth-order valence-electron chi connectivity index (χ4n) is 1.40. The molecule has 0 saturated carbocycles. The van der Waals surface area contributed by atoms with Crippen molar-refractivity contribution in [3.63, 3.8) is 0 Å². The Kier molecular flexibility index (Phi) is 5.02. The molecule has 5 heteroatoms. The Hall–Kier alpha value is -2.17. The van der Waals surface area contributed by atoms with E-state index in [0.717, 1.165) is 6.08 Å². The Balaban J connectivity index is 2.96. The first-order chi connectivity index (χ1) is 9.21. The summed E-state index contributed by atoms with van der Waals surface area (Å²) in [5, 5.41) is 11.6. The number of carboxylic acids is 1. The lowest BCUT2D eigenvalue weighted by Gasteiger charge is -2.28. The molecule has 1 rings (SSSR count). The molecule has 0 aliphatic rings. The highest BCUT2D eigenvalue weighted by Gasteiger charge is 2.22. The normalized spacial score (nSPS) is 13.2. The maximum absolute atomic E-state index is 12.2. The molecule has 0 bridgehead atoms. The monoisotopic (exact) mass is 276 g/mol. The molecule has 0 radical (unpaired) electrons. The lowest BCUT2D eigenvalue weighted by Crippen LogP contribution is -2.41. The molecule has 1 aromatic heterocycles. The molecule has 1 unspecified atom stereocenters. The van der Waals surface area contributed by atoms with Crippen LogP contribution >= 0.6 is 0 Å². The fourth-order valence-corrected chi connectivity index (χ4v) is 1.40. The largest absolute Gasteiger partial charge is 0.478 e. The van der Waals surface area contributed by atoms with Crippen molar-refractivity contribution in [1.29, 1.82) is 0 Å². The third kappa shape index (κ3) is 4.50. The van der Waals surface area contributed by atoms with Crippen molar-refractivity contribution in [3.8, 4) is 0 Å². The van der Waals surface area contributed by atoms with Crippen molar-refractivity contribution in [2.24, 2.45) is 5.41 Å². The Morgan fingerprint density at radius 3 is 2.60 bits per heavy atom. The van der Waals surface area contributed by atoms with Gasteiger partial charge in [0.1, 0.15) is 0 Å². The van der Waals surface area contributed by atoms with Gasteiger partial charge in [-0.05, 0) is 24.5 Å². The SMILES string of the molecule is CC(NC(=O)c1ccncc1/C=C/C(=O)O)C(C)(C)C. The number of pyridine rings is 1. The minimum absolute atomic E-state index is 0.0144. The summed E-state index contributed by atoms with van der Waals surface area (Å²) >= 11 is 0. The van der Waals surface area contributed by atoms with Crippen LogP contribution in [0.5, 0.6) is 0 Å². The first kappa shape index (κ1) is 15.9. The third-order valence-corrected chi connectivity index (χ3v) is 3.15. The highest BCUT2D eigenvalue weighted by molar-refractivity contribution is 5.98. The molecule has 108 valence electrons. The van der Waals surface area contributed by atoms with E-state index in [1.807, 2.05) is 27.7 Å². The number of carbonyl (C=O) groups excluding carboxylic acids is 1. The maximum atomic E-state index is 12.2. The van der Waals surface area contributed by atoms with Crippen LogP contribution in [0.1, 0.15) is 43.6 Å². The standard InChI is InChI=1S/C15H20N2O3/c1-10(15(2,3)4)17-14(20)12-7-8-16-9-11(12)5-6-13(18)19/h5-10H,1-4H3,(H,17,20)(H,18,19)/b6-5+. The van der Waals surface area contributed by atoms with Crippen LogP contribution in [0.3, 0.4) is 0 Å². The molecule has 1 atom stereocenters. The van der Waals surface area contributed by atoms with Crippen LogP contribution in [0.25, 0.3) is 6.08 Å². The Bertz CT molecular complexity index is 530. The number of hydrogen-bond acceptors (Lipinski definition) is 3. The van der Waals surface area contributed by atoms with Gasteiger partial charge in [0.05, 0.1) is 0 Å². The number of amides is 1. The highest BCUT2D eigenvalue weighted by Crippen LogP contribution is 2.19. The van der Waals surface area contributed by atoms with Gasteiger partial charge in [-0.2, -0.15) is 0 Å². The molecule has 5 nitrogen and oxygen atoms in total. The van der Waals surface area contributed by atoms with E-state index < -0.39 is 5.97 Å². The van der Waals surface area contributed by atoms with Gasteiger partial charge in [-0.1, -0.05) is 20.8 Å². The number of aromatic nitrogens is 1. The van der Waals surface area contributed by atoms with Crippen molar-refractivity contribution in [3.05, 3.63) is 35.7 Å². The predicted molar refractivity (Wildman–Crippen MR) is 77.3 cm³/mol. The summed E-state index contributed by atoms with van der Waals surface area (Å²) in [4.78, 5) is 26.7.